The predicted molar refractivity (Wildman–Crippen MR) is 43.0 cm³/mol. The highest BCUT2D eigenvalue weighted by Crippen LogP contribution is 2.40. The molecule has 0 radical (unpaired) electrons. The van der Waals surface area contributed by atoms with Gasteiger partial charge in [0.25, 0.3) is 0 Å². The smallest absolute Gasteiger partial charge is 0.116 e. The van der Waals surface area contributed by atoms with E-state index in [2.05, 4.69) is 0 Å². The lowest BCUT2D eigenvalue weighted by atomic mass is 10.2. The Hall–Kier alpha value is -0.550. The Labute approximate surface area is 68.5 Å². The second kappa shape index (κ2) is 2.22. The van der Waals surface area contributed by atoms with E-state index in [1.54, 1.807) is 6.07 Å². The Morgan fingerprint density at radius 1 is 1.27 bits per heavy atom. The predicted octanol–water partition coefficient (Wildman–Crippen LogP) is 2.02. The summed E-state index contributed by atoms with van der Waals surface area (Å²) in [6.07, 6.45) is 0. The number of quaternary nitrogens is 1. The van der Waals surface area contributed by atoms with Crippen LogP contribution in [0.1, 0.15) is 5.56 Å². The van der Waals surface area contributed by atoms with Gasteiger partial charge >= 0.3 is 0 Å². The molecule has 0 bridgehead atoms. The van der Waals surface area contributed by atoms with E-state index in [-0.39, 0.29) is 6.54 Å². The minimum absolute atomic E-state index is 0.0425. The maximum atomic E-state index is 10.9. The van der Waals surface area contributed by atoms with Crippen LogP contribution in [0, 0.1) is 10.4 Å². The average Bonchev–Trinajstić information content (AvgIpc) is 2.21. The number of rotatable bonds is 0. The molecule has 58 valence electrons. The molecule has 3 nitrogen and oxygen atoms in total. The van der Waals surface area contributed by atoms with E-state index in [1.165, 1.54) is 0 Å². The lowest BCUT2D eigenvalue weighted by Crippen LogP contribution is -2.20. The van der Waals surface area contributed by atoms with Crippen LogP contribution < -0.4 is 0 Å². The molecule has 4 heteroatoms. The van der Waals surface area contributed by atoms with Crippen LogP contribution in [0.15, 0.2) is 29.2 Å². The Kier molecular flexibility index (Phi) is 1.43. The molecule has 0 aliphatic carbocycles. The number of hydrogen-bond donors (Lipinski definition) is 0. The number of fused-ring (bicyclic) bond motifs is 1. The van der Waals surface area contributed by atoms with Crippen LogP contribution in [0.2, 0.25) is 0 Å². The van der Waals surface area contributed by atoms with Crippen LogP contribution in [-0.4, -0.2) is 4.21 Å². The standard InChI is InChI=1S/C7H6NO2S/c9-8(10)5-6-3-1-2-4-7(6)11-8/h1-4H,5H2/q-1. The summed E-state index contributed by atoms with van der Waals surface area (Å²) in [6.45, 7) is 0.0425. The first-order chi connectivity index (χ1) is 5.17. The van der Waals surface area contributed by atoms with Gasteiger partial charge in [-0.05, 0) is 6.07 Å². The maximum absolute atomic E-state index is 10.9. The molecule has 11 heavy (non-hydrogen) atoms. The van der Waals surface area contributed by atoms with Gasteiger partial charge in [0.15, 0.2) is 0 Å². The van der Waals surface area contributed by atoms with E-state index in [9.17, 15) is 10.4 Å². The molecule has 1 aliphatic heterocycles. The van der Waals surface area contributed by atoms with Crippen molar-refractivity contribution in [3.63, 3.8) is 0 Å². The van der Waals surface area contributed by atoms with Gasteiger partial charge in [-0.3, -0.25) is 0 Å². The largest absolute Gasteiger partial charge is 0.618 e. The molecule has 1 aliphatic rings. The molecule has 1 heterocycles. The molecular formula is C7H6NO2S-. The van der Waals surface area contributed by atoms with Crippen molar-refractivity contribution in [2.24, 2.45) is 0 Å². The summed E-state index contributed by atoms with van der Waals surface area (Å²) in [7, 11) is 0. The number of hydrogen-bond acceptors (Lipinski definition) is 3. The molecule has 1 aromatic carbocycles. The van der Waals surface area contributed by atoms with Gasteiger partial charge in [0.2, 0.25) is 0 Å². The van der Waals surface area contributed by atoms with Crippen molar-refractivity contribution in [1.82, 2.24) is 0 Å². The zero-order chi connectivity index (χ0) is 7.90. The minimum Gasteiger partial charge on any atom is -0.618 e. The highest BCUT2D eigenvalue weighted by atomic mass is 32.2. The number of hydroxylamine groups is 2. The first-order valence-electron chi connectivity index (χ1n) is 3.25. The lowest BCUT2D eigenvalue weighted by molar-refractivity contribution is -0.694. The van der Waals surface area contributed by atoms with Crippen molar-refractivity contribution in [2.45, 2.75) is 11.4 Å². The van der Waals surface area contributed by atoms with E-state index in [0.717, 1.165) is 22.4 Å². The molecule has 0 spiro atoms. The summed E-state index contributed by atoms with van der Waals surface area (Å²) >= 11 is 0.820. The van der Waals surface area contributed by atoms with Crippen molar-refractivity contribution < 1.29 is 4.21 Å². The molecule has 2 rings (SSSR count). The summed E-state index contributed by atoms with van der Waals surface area (Å²) in [5.41, 5.74) is 0.863. The first kappa shape index (κ1) is 7.12. The van der Waals surface area contributed by atoms with Gasteiger partial charge in [-0.25, -0.2) is 0 Å². The fourth-order valence-electron chi connectivity index (χ4n) is 1.11. The second-order valence-electron chi connectivity index (χ2n) is 2.47. The fourth-order valence-corrected chi connectivity index (χ4v) is 2.01. The van der Waals surface area contributed by atoms with Crippen LogP contribution in [0.4, 0.5) is 0 Å². The Morgan fingerprint density at radius 2 is 2.00 bits per heavy atom. The van der Waals surface area contributed by atoms with E-state index in [1.807, 2.05) is 18.2 Å². The van der Waals surface area contributed by atoms with Crippen molar-refractivity contribution >= 4 is 11.9 Å². The van der Waals surface area contributed by atoms with Gasteiger partial charge in [-0.2, -0.15) is 0 Å². The van der Waals surface area contributed by atoms with Gasteiger partial charge in [0.1, 0.15) is 18.5 Å². The third-order valence-corrected chi connectivity index (χ3v) is 2.58. The van der Waals surface area contributed by atoms with Crippen LogP contribution >= 0.6 is 11.9 Å². The molecular weight excluding hydrogens is 162 g/mol. The van der Waals surface area contributed by atoms with Gasteiger partial charge in [0.05, 0.1) is 4.90 Å². The summed E-state index contributed by atoms with van der Waals surface area (Å²) in [5.74, 6) is 0. The molecule has 0 fully saturated rings. The molecule has 0 saturated heterocycles. The van der Waals surface area contributed by atoms with Crippen LogP contribution in [0.5, 0.6) is 0 Å². The molecule has 0 N–H and O–H groups in total. The Bertz CT molecular complexity index is 261. The van der Waals surface area contributed by atoms with Gasteiger partial charge < -0.3 is 14.6 Å². The summed E-state index contributed by atoms with van der Waals surface area (Å²) < 4.78 is -1.47. The van der Waals surface area contributed by atoms with Gasteiger partial charge in [-0.1, -0.05) is 18.2 Å². The van der Waals surface area contributed by atoms with Crippen molar-refractivity contribution in [1.29, 1.82) is 0 Å². The van der Waals surface area contributed by atoms with Gasteiger partial charge in [-0.15, -0.1) is 0 Å². The van der Waals surface area contributed by atoms with E-state index >= 15 is 0 Å². The Balaban J connectivity index is 2.41. The zero-order valence-corrected chi connectivity index (χ0v) is 6.50. The summed E-state index contributed by atoms with van der Waals surface area (Å²) in [6, 6.07) is 7.29. The van der Waals surface area contributed by atoms with Crippen molar-refractivity contribution in [3.05, 3.63) is 40.2 Å². The van der Waals surface area contributed by atoms with Crippen LogP contribution in [0.25, 0.3) is 0 Å². The summed E-state index contributed by atoms with van der Waals surface area (Å²) in [5, 5.41) is 21.8. The highest BCUT2D eigenvalue weighted by Gasteiger charge is 2.22. The summed E-state index contributed by atoms with van der Waals surface area (Å²) in [4.78, 5) is 0.817. The third-order valence-electron chi connectivity index (χ3n) is 1.57. The molecule has 0 amide bonds. The Morgan fingerprint density at radius 3 is 2.73 bits per heavy atom. The average molecular weight is 168 g/mol. The number of benzene rings is 1. The third kappa shape index (κ3) is 1.25. The van der Waals surface area contributed by atoms with Crippen molar-refractivity contribution in [3.8, 4) is 0 Å². The lowest BCUT2D eigenvalue weighted by Gasteiger charge is -2.38. The molecule has 0 aromatic heterocycles. The highest BCUT2D eigenvalue weighted by molar-refractivity contribution is 7.94. The molecule has 0 unspecified atom stereocenters. The fraction of sp³-hybridized carbons (Fsp3) is 0.143. The van der Waals surface area contributed by atoms with Gasteiger partial charge in [0, 0.05) is 5.56 Å². The van der Waals surface area contributed by atoms with Crippen LogP contribution in [0.3, 0.4) is 0 Å². The first-order valence-corrected chi connectivity index (χ1v) is 4.02. The van der Waals surface area contributed by atoms with E-state index in [0.29, 0.717) is 0 Å². The van der Waals surface area contributed by atoms with Crippen molar-refractivity contribution in [2.75, 3.05) is 0 Å². The minimum atomic E-state index is -1.47. The maximum Gasteiger partial charge on any atom is 0.116 e. The normalized spacial score (nSPS) is 19.8. The molecule has 0 saturated carbocycles. The zero-order valence-electron chi connectivity index (χ0n) is 5.69. The SMILES string of the molecule is [O-][N+]1([O-])Cc2ccccc2S1. The molecule has 1 aromatic rings. The van der Waals surface area contributed by atoms with E-state index in [4.69, 9.17) is 0 Å². The quantitative estimate of drug-likeness (QED) is 0.338. The van der Waals surface area contributed by atoms with E-state index < -0.39 is 4.21 Å². The van der Waals surface area contributed by atoms with Crippen LogP contribution in [-0.2, 0) is 6.54 Å². The topological polar surface area (TPSA) is 46.1 Å². The molecule has 0 atom stereocenters. The number of nitrogens with zero attached hydrogens (tertiary/aromatic N) is 1. The monoisotopic (exact) mass is 168 g/mol. The second-order valence-corrected chi connectivity index (χ2v) is 3.65.